The van der Waals surface area contributed by atoms with Gasteiger partial charge in [-0.15, -0.1) is 0 Å². The van der Waals surface area contributed by atoms with E-state index >= 15 is 4.79 Å². The smallest absolute Gasteiger partial charge is 0.243 e. The second-order valence-corrected chi connectivity index (χ2v) is 23.6. The fourth-order valence-electron chi connectivity index (χ4n) is 14.2. The number of amides is 1. The number of phenols is 1. The van der Waals surface area contributed by atoms with E-state index < -0.39 is 77.2 Å². The first-order valence-corrected chi connectivity index (χ1v) is 28.6. The van der Waals surface area contributed by atoms with Crippen LogP contribution in [0.2, 0.25) is 0 Å². The van der Waals surface area contributed by atoms with Crippen LogP contribution in [-0.4, -0.2) is 103 Å². The number of fused-ring (bicyclic) bond motifs is 4. The summed E-state index contributed by atoms with van der Waals surface area (Å²) < 4.78 is 0. The van der Waals surface area contributed by atoms with Gasteiger partial charge in [0.25, 0.3) is 0 Å². The molecule has 8 rings (SSSR count). The molecule has 1 spiro atoms. The Morgan fingerprint density at radius 2 is 1.66 bits per heavy atom. The van der Waals surface area contributed by atoms with Gasteiger partial charge < -0.3 is 58.3 Å². The number of nitrogens with zero attached hydrogens (tertiary/aromatic N) is 1. The monoisotopic (exact) mass is 1080 g/mol. The van der Waals surface area contributed by atoms with Gasteiger partial charge in [0.05, 0.1) is 36.6 Å². The van der Waals surface area contributed by atoms with Gasteiger partial charge in [-0.1, -0.05) is 109 Å². The molecule has 3 aliphatic carbocycles. The molecule has 15 nitrogen and oxygen atoms in total. The molecule has 2 heterocycles. The standard InChI is InChI=1S/C64H86N6O9/c1-37(42-13-5-6-14-42)18-25-54(74)38(2)10-7-16-45(36-71)49-27-29-64(59(49)77)53-24-23-47(73)31-40-11-8-12-41(30-40)32-51(52(34-69-62(66)67)43-19-21-46(72)22-20-43)56(76)35-68-58-57-44(15-9-17-50(57)60(65)70-61(58)78)33-55(75)39(3)48(53)26-28-63(64,4)79/h7-12,15-22,30,42,47,49,51-54,56,58-60,68,71-74,76-77,79H,2,5-6,13-14,23-29,31-36,65H2,1,3-4H3,(H,70,78)(H4,66,67,69). The third-order valence-electron chi connectivity index (χ3n) is 18.8. The van der Waals surface area contributed by atoms with Gasteiger partial charge in [0, 0.05) is 36.8 Å². The summed E-state index contributed by atoms with van der Waals surface area (Å²) in [5.41, 5.74) is 23.7. The van der Waals surface area contributed by atoms with Crippen molar-refractivity contribution in [3.8, 4) is 5.75 Å². The average molecular weight is 1080 g/mol. The van der Waals surface area contributed by atoms with Gasteiger partial charge in [0.1, 0.15) is 18.0 Å². The molecule has 3 saturated carbocycles. The number of hydrogen-bond donors (Lipinski definition) is 12. The molecule has 0 radical (unpaired) electrons. The quantitative estimate of drug-likeness (QED) is 0.0408. The highest BCUT2D eigenvalue weighted by Crippen LogP contribution is 2.63. The number of phenolic OH excluding ortho intramolecular Hbond substituents is 1. The lowest BCUT2D eigenvalue weighted by molar-refractivity contribution is -0.168. The van der Waals surface area contributed by atoms with E-state index in [1.165, 1.54) is 31.3 Å². The summed E-state index contributed by atoms with van der Waals surface area (Å²) in [7, 11) is 0. The molecule has 0 saturated heterocycles. The van der Waals surface area contributed by atoms with Crippen molar-refractivity contribution >= 4 is 17.6 Å². The number of Topliss-reactive ketones (excluding diaryl/α,β-unsaturated/α-hetero) is 1. The van der Waals surface area contributed by atoms with Crippen molar-refractivity contribution in [2.75, 3.05) is 19.7 Å². The predicted molar refractivity (Wildman–Crippen MR) is 308 cm³/mol. The minimum absolute atomic E-state index is 0.0651. The molecule has 3 aromatic rings. The highest BCUT2D eigenvalue weighted by atomic mass is 16.3. The molecule has 15 N–H and O–H groups in total. The average Bonchev–Trinajstić information content (AvgIpc) is 4.34. The van der Waals surface area contributed by atoms with Crippen LogP contribution < -0.4 is 27.8 Å². The lowest BCUT2D eigenvalue weighted by Gasteiger charge is -2.56. The summed E-state index contributed by atoms with van der Waals surface area (Å²) in [6.07, 6.45) is 10.5. The molecule has 2 bridgehead atoms. The van der Waals surface area contributed by atoms with Crippen molar-refractivity contribution in [1.29, 1.82) is 0 Å². The SMILES string of the molecule is C=C(C=CC=C(CO)C1CCC2(C3CCC(O)Cc4cccc(c4)CC(C(CN=C(N)N)c4ccc(O)cc4)C(O)CNC4C(=O)NC(N)c5cccc(c54)CC(=O)C(C)=C3CCC2(C)O)C1O)C(O)CC=C(C)C1CCCC1. The molecule has 12 unspecified atom stereocenters. The number of carbonyl (C=O) groups is 2. The summed E-state index contributed by atoms with van der Waals surface area (Å²) >= 11 is 0. The number of ketones is 1. The number of rotatable bonds is 12. The van der Waals surface area contributed by atoms with Crippen LogP contribution in [0.25, 0.3) is 0 Å². The van der Waals surface area contributed by atoms with E-state index in [1.54, 1.807) is 56.3 Å². The Hall–Kier alpha value is -5.75. The molecule has 426 valence electrons. The molecule has 3 aromatic carbocycles. The van der Waals surface area contributed by atoms with Gasteiger partial charge in [-0.05, 0) is 171 Å². The molecule has 12 atom stereocenters. The first kappa shape index (κ1) is 59.4. The van der Waals surface area contributed by atoms with Gasteiger partial charge in [-0.3, -0.25) is 19.9 Å². The Balaban J connectivity index is 1.16. The topological polar surface area (TPSA) is 290 Å². The lowest BCUT2D eigenvalue weighted by atomic mass is 9.52. The number of nitrogens with one attached hydrogen (secondary N) is 2. The van der Waals surface area contributed by atoms with Crippen molar-refractivity contribution in [3.63, 3.8) is 0 Å². The second kappa shape index (κ2) is 25.8. The first-order valence-electron chi connectivity index (χ1n) is 28.6. The number of β-amino-alcohol motifs (C(OH)–C–C–N with tert-alkyl or cyclic N) is 1. The van der Waals surface area contributed by atoms with Gasteiger partial charge >= 0.3 is 0 Å². The Morgan fingerprint density at radius 1 is 0.949 bits per heavy atom. The Kier molecular flexibility index (Phi) is 19.4. The molecule has 0 aromatic heterocycles. The van der Waals surface area contributed by atoms with Crippen LogP contribution in [0.1, 0.15) is 143 Å². The molecular weight excluding hydrogens is 997 g/mol. The normalized spacial score (nSPS) is 30.4. The Morgan fingerprint density at radius 3 is 2.37 bits per heavy atom. The number of aliphatic hydroxyl groups is 6. The second-order valence-electron chi connectivity index (χ2n) is 23.6. The summed E-state index contributed by atoms with van der Waals surface area (Å²) in [6.45, 7) is 9.53. The van der Waals surface area contributed by atoms with Crippen molar-refractivity contribution in [2.45, 2.75) is 159 Å². The number of carbonyl (C=O) groups excluding carboxylic acids is 2. The molecule has 1 amide bonds. The third-order valence-corrected chi connectivity index (χ3v) is 18.8. The van der Waals surface area contributed by atoms with E-state index in [4.69, 9.17) is 17.2 Å². The van der Waals surface area contributed by atoms with Crippen LogP contribution in [0, 0.1) is 29.1 Å². The number of nitrogens with two attached hydrogens (primary N) is 3. The zero-order valence-corrected chi connectivity index (χ0v) is 46.4. The maximum Gasteiger partial charge on any atom is 0.243 e. The molecule has 3 fully saturated rings. The highest BCUT2D eigenvalue weighted by Gasteiger charge is 2.64. The van der Waals surface area contributed by atoms with Crippen molar-refractivity contribution in [3.05, 3.63) is 159 Å². The molecule has 5 aliphatic rings. The first-order chi connectivity index (χ1) is 37.7. The van der Waals surface area contributed by atoms with Gasteiger partial charge in [0.15, 0.2) is 11.7 Å². The minimum atomic E-state index is -1.41. The van der Waals surface area contributed by atoms with Crippen LogP contribution in [0.3, 0.4) is 0 Å². The number of allylic oxidation sites excluding steroid dienone is 5. The Bertz CT molecular complexity index is 2830. The lowest BCUT2D eigenvalue weighted by Crippen LogP contribution is -2.59. The van der Waals surface area contributed by atoms with E-state index in [0.717, 1.165) is 22.3 Å². The number of guanidine groups is 1. The largest absolute Gasteiger partial charge is 0.508 e. The van der Waals surface area contributed by atoms with Crippen LogP contribution in [0.5, 0.6) is 5.75 Å². The molecule has 79 heavy (non-hydrogen) atoms. The van der Waals surface area contributed by atoms with Gasteiger partial charge in [-0.25, -0.2) is 0 Å². The van der Waals surface area contributed by atoms with Crippen molar-refractivity contribution in [2.24, 2.45) is 51.3 Å². The molecular formula is C64H86N6O9. The fourth-order valence-corrected chi connectivity index (χ4v) is 14.2. The van der Waals surface area contributed by atoms with E-state index in [-0.39, 0.29) is 62.9 Å². The number of hydrogen-bond acceptors (Lipinski definition) is 12. The van der Waals surface area contributed by atoms with Crippen LogP contribution >= 0.6 is 0 Å². The maximum absolute atomic E-state index is 15.1. The number of aliphatic imine (C=N–C) groups is 1. The van der Waals surface area contributed by atoms with Crippen molar-refractivity contribution < 1.29 is 45.3 Å². The predicted octanol–water partition coefficient (Wildman–Crippen LogP) is 6.35. The van der Waals surface area contributed by atoms with Gasteiger partial charge in [-0.2, -0.15) is 0 Å². The molecule has 2 aliphatic heterocycles. The number of benzene rings is 3. The Labute approximate surface area is 466 Å². The third kappa shape index (κ3) is 13.2. The zero-order chi connectivity index (χ0) is 56.8. The fraction of sp³-hybridized carbons (Fsp3) is 0.516. The summed E-state index contributed by atoms with van der Waals surface area (Å²) in [5.74, 6) is -2.26. The maximum atomic E-state index is 15.1. The van der Waals surface area contributed by atoms with Crippen LogP contribution in [0.15, 0.2) is 130 Å². The van der Waals surface area contributed by atoms with Crippen LogP contribution in [-0.2, 0) is 28.9 Å². The summed E-state index contributed by atoms with van der Waals surface area (Å²) in [5, 5.41) is 88.6. The number of aromatic hydroxyl groups is 1. The minimum Gasteiger partial charge on any atom is -0.508 e. The van der Waals surface area contributed by atoms with E-state index in [2.05, 4.69) is 35.2 Å². The van der Waals surface area contributed by atoms with E-state index in [1.807, 2.05) is 42.5 Å². The van der Waals surface area contributed by atoms with Gasteiger partial charge in [0.2, 0.25) is 5.91 Å². The van der Waals surface area contributed by atoms with E-state index in [0.29, 0.717) is 77.9 Å². The van der Waals surface area contributed by atoms with Crippen molar-refractivity contribution in [1.82, 2.24) is 10.6 Å². The number of aliphatic hydroxyl groups excluding tert-OH is 5. The zero-order valence-electron chi connectivity index (χ0n) is 46.4. The molecule has 15 heteroatoms. The summed E-state index contributed by atoms with van der Waals surface area (Å²) in [4.78, 5) is 33.6. The van der Waals surface area contributed by atoms with Crippen LogP contribution in [0.4, 0.5) is 0 Å². The highest BCUT2D eigenvalue weighted by molar-refractivity contribution is 5.98. The summed E-state index contributed by atoms with van der Waals surface area (Å²) in [6, 6.07) is 19.0. The van der Waals surface area contributed by atoms with E-state index in [9.17, 15) is 40.5 Å².